The Kier molecular flexibility index (Phi) is 7.37. The third-order valence-corrected chi connectivity index (χ3v) is 5.92. The molecule has 0 aliphatic carbocycles. The molecule has 5 N–H and O–H groups in total. The highest BCUT2D eigenvalue weighted by atomic mass is 16.5. The molecule has 6 rings (SSSR count). The summed E-state index contributed by atoms with van der Waals surface area (Å²) in [6.45, 7) is 1.64. The Hall–Kier alpha value is -3.98. The summed E-state index contributed by atoms with van der Waals surface area (Å²) in [5.41, 5.74) is 10.8. The number of benzene rings is 3. The normalized spacial score (nSPS) is 16.3. The molecule has 8 nitrogen and oxygen atoms in total. The number of anilines is 3. The molecule has 1 unspecified atom stereocenters. The van der Waals surface area contributed by atoms with Gasteiger partial charge in [-0.2, -0.15) is 0 Å². The molecule has 0 amide bonds. The number of aromatic nitrogens is 2. The van der Waals surface area contributed by atoms with Crippen molar-refractivity contribution in [3.8, 4) is 22.8 Å². The molecule has 0 saturated heterocycles. The fourth-order valence-corrected chi connectivity index (χ4v) is 4.04. The number of aliphatic hydroxyl groups is 1. The minimum atomic E-state index is -0.800. The van der Waals surface area contributed by atoms with Crippen LogP contribution in [-0.4, -0.2) is 28.2 Å². The van der Waals surface area contributed by atoms with Crippen LogP contribution in [0.3, 0.4) is 0 Å². The van der Waals surface area contributed by atoms with Gasteiger partial charge in [0.25, 0.3) is 0 Å². The van der Waals surface area contributed by atoms with Crippen LogP contribution in [0.4, 0.5) is 17.3 Å². The molecular weight excluding hydrogens is 454 g/mol. The van der Waals surface area contributed by atoms with E-state index in [0.717, 1.165) is 41.2 Å². The van der Waals surface area contributed by atoms with E-state index in [4.69, 9.17) is 15.2 Å². The Bertz CT molecular complexity index is 1320. The number of nitrogen functional groups attached to an aromatic ring is 1. The zero-order valence-corrected chi connectivity index (χ0v) is 19.9. The first-order chi connectivity index (χ1) is 17.7. The van der Waals surface area contributed by atoms with E-state index in [9.17, 15) is 5.11 Å². The van der Waals surface area contributed by atoms with Gasteiger partial charge in [0.05, 0.1) is 12.3 Å². The quantitative estimate of drug-likeness (QED) is 0.289. The van der Waals surface area contributed by atoms with E-state index < -0.39 is 6.23 Å². The van der Waals surface area contributed by atoms with Gasteiger partial charge in [-0.3, -0.25) is 5.32 Å². The van der Waals surface area contributed by atoms with E-state index in [1.807, 2.05) is 66.7 Å². The van der Waals surface area contributed by atoms with E-state index in [1.165, 1.54) is 0 Å². The first-order valence-corrected chi connectivity index (χ1v) is 12.0. The van der Waals surface area contributed by atoms with Gasteiger partial charge in [0.1, 0.15) is 17.7 Å². The number of nitrogens with two attached hydrogens (primary N) is 1. The molecule has 4 aromatic rings. The minimum absolute atomic E-state index is 0.398. The number of hydrogen-bond donors (Lipinski definition) is 4. The Morgan fingerprint density at radius 1 is 1.00 bits per heavy atom. The average molecular weight is 484 g/mol. The van der Waals surface area contributed by atoms with Crippen LogP contribution < -0.4 is 21.1 Å². The molecule has 1 atom stereocenters. The second-order valence-corrected chi connectivity index (χ2v) is 8.59. The first-order valence-electron chi connectivity index (χ1n) is 12.0. The van der Waals surface area contributed by atoms with Crippen molar-refractivity contribution in [2.45, 2.75) is 25.7 Å². The molecule has 36 heavy (non-hydrogen) atoms. The molecular formula is C28H29N5O3. The maximum atomic E-state index is 10.5. The summed E-state index contributed by atoms with van der Waals surface area (Å²) in [4.78, 5) is 9.04. The largest absolute Gasteiger partial charge is 0.457 e. The van der Waals surface area contributed by atoms with Gasteiger partial charge in [0.15, 0.2) is 0 Å². The van der Waals surface area contributed by atoms with Crippen LogP contribution in [0, 0.1) is 0 Å². The molecule has 1 aromatic heterocycles. The highest BCUT2D eigenvalue weighted by Crippen LogP contribution is 2.31. The molecule has 0 spiro atoms. The number of ether oxygens (including phenoxy) is 2. The van der Waals surface area contributed by atoms with Crippen molar-refractivity contribution in [3.05, 3.63) is 90.1 Å². The van der Waals surface area contributed by atoms with Crippen LogP contribution in [0.2, 0.25) is 0 Å². The summed E-state index contributed by atoms with van der Waals surface area (Å²) < 4.78 is 12.1. The predicted molar refractivity (Wildman–Crippen MR) is 140 cm³/mol. The lowest BCUT2D eigenvalue weighted by atomic mass is 10.1. The zero-order valence-electron chi connectivity index (χ0n) is 19.9. The van der Waals surface area contributed by atoms with Gasteiger partial charge >= 0.3 is 0 Å². The fraction of sp³-hybridized carbons (Fsp3) is 0.214. The summed E-state index contributed by atoms with van der Waals surface area (Å²) >= 11 is 0. The minimum Gasteiger partial charge on any atom is -0.457 e. The molecule has 2 aliphatic heterocycles. The second-order valence-electron chi connectivity index (χ2n) is 8.59. The van der Waals surface area contributed by atoms with Gasteiger partial charge in [-0.05, 0) is 67.4 Å². The maximum Gasteiger partial charge on any atom is 0.227 e. The van der Waals surface area contributed by atoms with Gasteiger partial charge < -0.3 is 25.6 Å². The molecule has 6 bridgehead atoms. The Labute approximate surface area is 210 Å². The third kappa shape index (κ3) is 5.80. The van der Waals surface area contributed by atoms with Crippen LogP contribution in [0.15, 0.2) is 79.0 Å². The smallest absolute Gasteiger partial charge is 0.227 e. The number of fused-ring (bicyclic) bond motifs is 9. The lowest BCUT2D eigenvalue weighted by Crippen LogP contribution is -2.22. The van der Waals surface area contributed by atoms with Gasteiger partial charge in [-0.15, -0.1) is 0 Å². The zero-order chi connectivity index (χ0) is 24.7. The second kappa shape index (κ2) is 11.2. The highest BCUT2D eigenvalue weighted by molar-refractivity contribution is 5.75. The molecule has 3 aromatic carbocycles. The van der Waals surface area contributed by atoms with Crippen LogP contribution >= 0.6 is 0 Å². The Balaban J connectivity index is 1.46. The van der Waals surface area contributed by atoms with Crippen LogP contribution in [-0.2, 0) is 11.3 Å². The number of para-hydroxylation sites is 1. The molecule has 184 valence electrons. The van der Waals surface area contributed by atoms with Crippen molar-refractivity contribution in [3.63, 3.8) is 0 Å². The number of aliphatic hydroxyl groups excluding tert-OH is 1. The van der Waals surface area contributed by atoms with E-state index in [-0.39, 0.29) is 0 Å². The number of nitrogens with one attached hydrogen (secondary N) is 2. The lowest BCUT2D eigenvalue weighted by Gasteiger charge is -2.15. The van der Waals surface area contributed by atoms with Crippen LogP contribution in [0.5, 0.6) is 11.5 Å². The SMILES string of the molecule is Nc1cc2ccc1-c1ccnc(n1)Nc1ccc(Oc3ccccc3)c(c1)COCCCCNC2O. The fourth-order valence-electron chi connectivity index (χ4n) is 4.04. The Morgan fingerprint density at radius 3 is 2.75 bits per heavy atom. The van der Waals surface area contributed by atoms with E-state index >= 15 is 0 Å². The summed E-state index contributed by atoms with van der Waals surface area (Å²) in [5, 5.41) is 16.9. The third-order valence-electron chi connectivity index (χ3n) is 5.92. The molecule has 0 fully saturated rings. The predicted octanol–water partition coefficient (Wildman–Crippen LogP) is 5.15. The summed E-state index contributed by atoms with van der Waals surface area (Å²) in [7, 11) is 0. The van der Waals surface area contributed by atoms with Crippen LogP contribution in [0.25, 0.3) is 11.3 Å². The standard InChI is InChI=1S/C28H29N5O3/c29-24-17-19-8-10-23(24)25-12-14-31-28(33-25)32-21-9-11-26(36-22-6-2-1-3-7-22)20(16-21)18-35-15-5-4-13-30-27(19)34/h1-3,6-12,14,16-17,27,30,34H,4-5,13,15,18,29H2,(H,31,32,33). The van der Waals surface area contributed by atoms with Crippen molar-refractivity contribution in [2.75, 3.05) is 24.2 Å². The molecule has 0 radical (unpaired) electrons. The maximum absolute atomic E-state index is 10.5. The van der Waals surface area contributed by atoms with E-state index in [1.54, 1.807) is 12.3 Å². The van der Waals surface area contributed by atoms with Crippen molar-refractivity contribution in [1.82, 2.24) is 15.3 Å². The van der Waals surface area contributed by atoms with Gasteiger partial charge in [0, 0.05) is 35.3 Å². The van der Waals surface area contributed by atoms with E-state index in [2.05, 4.69) is 20.6 Å². The summed E-state index contributed by atoms with van der Waals surface area (Å²) in [6, 6.07) is 22.8. The van der Waals surface area contributed by atoms with Gasteiger partial charge in [0.2, 0.25) is 5.95 Å². The summed E-state index contributed by atoms with van der Waals surface area (Å²) in [6.07, 6.45) is 2.61. The van der Waals surface area contributed by atoms with Crippen molar-refractivity contribution in [2.24, 2.45) is 0 Å². The molecule has 3 heterocycles. The van der Waals surface area contributed by atoms with Crippen molar-refractivity contribution < 1.29 is 14.6 Å². The van der Waals surface area contributed by atoms with Crippen molar-refractivity contribution >= 4 is 17.3 Å². The van der Waals surface area contributed by atoms with Gasteiger partial charge in [-0.25, -0.2) is 9.97 Å². The average Bonchev–Trinajstić information content (AvgIpc) is 2.89. The van der Waals surface area contributed by atoms with E-state index in [0.29, 0.717) is 42.7 Å². The van der Waals surface area contributed by atoms with Crippen molar-refractivity contribution in [1.29, 1.82) is 0 Å². The number of nitrogens with zero attached hydrogens (tertiary/aromatic N) is 2. The first kappa shape index (κ1) is 23.7. The highest BCUT2D eigenvalue weighted by Gasteiger charge is 2.13. The molecule has 0 saturated carbocycles. The monoisotopic (exact) mass is 483 g/mol. The van der Waals surface area contributed by atoms with Gasteiger partial charge in [-0.1, -0.05) is 30.3 Å². The lowest BCUT2D eigenvalue weighted by molar-refractivity contribution is 0.111. The number of hydrogen-bond acceptors (Lipinski definition) is 8. The summed E-state index contributed by atoms with van der Waals surface area (Å²) in [5.74, 6) is 1.93. The number of rotatable bonds is 2. The molecule has 2 aliphatic rings. The Morgan fingerprint density at radius 2 is 1.89 bits per heavy atom. The molecule has 8 heteroatoms. The topological polar surface area (TPSA) is 115 Å². The van der Waals surface area contributed by atoms with Crippen LogP contribution in [0.1, 0.15) is 30.2 Å².